The maximum Gasteiger partial charge on any atom is 0.213 e. The van der Waals surface area contributed by atoms with Crippen molar-refractivity contribution in [1.82, 2.24) is 10.0 Å². The van der Waals surface area contributed by atoms with Crippen LogP contribution in [0.4, 0.5) is 0 Å². The van der Waals surface area contributed by atoms with E-state index in [9.17, 15) is 8.42 Å². The van der Waals surface area contributed by atoms with Crippen molar-refractivity contribution >= 4 is 10.0 Å². The quantitative estimate of drug-likeness (QED) is 0.664. The number of hydrogen-bond acceptors (Lipinski definition) is 4. The van der Waals surface area contributed by atoms with Gasteiger partial charge in [-0.25, -0.2) is 13.1 Å². The van der Waals surface area contributed by atoms with Crippen LogP contribution in [0.15, 0.2) is 0 Å². The number of rotatable bonds is 7. The lowest BCUT2D eigenvalue weighted by Crippen LogP contribution is -2.38. The molecular weight excluding hydrogens is 228 g/mol. The normalized spacial score (nSPS) is 23.5. The fourth-order valence-corrected chi connectivity index (χ4v) is 3.31. The van der Waals surface area contributed by atoms with E-state index in [2.05, 4.69) is 10.0 Å². The average molecular weight is 250 g/mol. The number of hydrogen-bond donors (Lipinski definition) is 2. The molecule has 0 aromatic carbocycles. The summed E-state index contributed by atoms with van der Waals surface area (Å²) in [5, 5.41) is 3.18. The molecule has 96 valence electrons. The molecule has 2 atom stereocenters. The van der Waals surface area contributed by atoms with Gasteiger partial charge in [-0.1, -0.05) is 6.92 Å². The first kappa shape index (κ1) is 13.9. The molecule has 5 nitrogen and oxygen atoms in total. The van der Waals surface area contributed by atoms with E-state index in [-0.39, 0.29) is 17.7 Å². The van der Waals surface area contributed by atoms with Gasteiger partial charge in [0.2, 0.25) is 10.0 Å². The zero-order chi connectivity index (χ0) is 12.0. The van der Waals surface area contributed by atoms with E-state index in [1.54, 1.807) is 7.11 Å². The van der Waals surface area contributed by atoms with Gasteiger partial charge < -0.3 is 10.1 Å². The Morgan fingerprint density at radius 1 is 1.56 bits per heavy atom. The van der Waals surface area contributed by atoms with Crippen LogP contribution in [0.5, 0.6) is 0 Å². The van der Waals surface area contributed by atoms with Crippen molar-refractivity contribution in [2.24, 2.45) is 5.92 Å². The van der Waals surface area contributed by atoms with E-state index < -0.39 is 10.0 Å². The topological polar surface area (TPSA) is 67.4 Å². The molecule has 1 fully saturated rings. The molecule has 0 aromatic heterocycles. The van der Waals surface area contributed by atoms with Crippen molar-refractivity contribution in [3.05, 3.63) is 0 Å². The molecule has 2 N–H and O–H groups in total. The Bertz CT molecular complexity index is 286. The van der Waals surface area contributed by atoms with Crippen molar-refractivity contribution < 1.29 is 13.2 Å². The average Bonchev–Trinajstić information content (AvgIpc) is 2.67. The van der Waals surface area contributed by atoms with Crippen LogP contribution in [0.1, 0.15) is 19.8 Å². The second-order valence-electron chi connectivity index (χ2n) is 4.48. The molecule has 2 unspecified atom stereocenters. The number of sulfonamides is 1. The maximum absolute atomic E-state index is 11.7. The third kappa shape index (κ3) is 5.25. The highest BCUT2D eigenvalue weighted by Crippen LogP contribution is 2.07. The van der Waals surface area contributed by atoms with Crippen molar-refractivity contribution in [1.29, 1.82) is 0 Å². The Morgan fingerprint density at radius 3 is 2.88 bits per heavy atom. The van der Waals surface area contributed by atoms with Gasteiger partial charge in [0.15, 0.2) is 0 Å². The Labute approximate surface area is 98.0 Å². The van der Waals surface area contributed by atoms with E-state index in [0.717, 1.165) is 19.4 Å². The summed E-state index contributed by atoms with van der Waals surface area (Å²) >= 11 is 0. The summed E-state index contributed by atoms with van der Waals surface area (Å²) in [6.07, 6.45) is 2.02. The van der Waals surface area contributed by atoms with Crippen LogP contribution >= 0.6 is 0 Å². The molecule has 1 rings (SSSR count). The molecule has 0 aliphatic carbocycles. The summed E-state index contributed by atoms with van der Waals surface area (Å²) in [6.45, 7) is 3.91. The van der Waals surface area contributed by atoms with Crippen LogP contribution in [-0.2, 0) is 14.8 Å². The zero-order valence-electron chi connectivity index (χ0n) is 10.0. The zero-order valence-corrected chi connectivity index (χ0v) is 10.8. The first-order valence-corrected chi connectivity index (χ1v) is 7.38. The molecule has 1 aliphatic rings. The molecule has 1 saturated heterocycles. The smallest absolute Gasteiger partial charge is 0.213 e. The molecule has 0 saturated carbocycles. The Morgan fingerprint density at radius 2 is 2.31 bits per heavy atom. The van der Waals surface area contributed by atoms with Crippen molar-refractivity contribution in [3.63, 3.8) is 0 Å². The Kier molecular flexibility index (Phi) is 5.68. The van der Waals surface area contributed by atoms with Crippen LogP contribution in [0, 0.1) is 5.92 Å². The second-order valence-corrected chi connectivity index (χ2v) is 6.34. The standard InChI is InChI=1S/C10H22N2O3S/c1-9(7-15-2)6-12-16(13,14)8-10-4-3-5-11-10/h9-12H,3-8H2,1-2H3. The molecule has 0 spiro atoms. The molecule has 16 heavy (non-hydrogen) atoms. The molecule has 0 aromatic rings. The van der Waals surface area contributed by atoms with Crippen LogP contribution in [0.3, 0.4) is 0 Å². The van der Waals surface area contributed by atoms with Gasteiger partial charge in [-0.05, 0) is 25.3 Å². The SMILES string of the molecule is COCC(C)CNS(=O)(=O)CC1CCCN1. The van der Waals surface area contributed by atoms with Crippen molar-refractivity contribution in [2.45, 2.75) is 25.8 Å². The van der Waals surface area contributed by atoms with Crippen LogP contribution < -0.4 is 10.0 Å². The molecule has 0 bridgehead atoms. The number of methoxy groups -OCH3 is 1. The lowest BCUT2D eigenvalue weighted by molar-refractivity contribution is 0.161. The molecule has 1 heterocycles. The molecule has 6 heteroatoms. The largest absolute Gasteiger partial charge is 0.384 e. The van der Waals surface area contributed by atoms with Gasteiger partial charge in [-0.2, -0.15) is 0 Å². The first-order chi connectivity index (χ1) is 7.53. The molecule has 0 radical (unpaired) electrons. The summed E-state index contributed by atoms with van der Waals surface area (Å²) in [5.74, 6) is 0.392. The number of ether oxygens (including phenoxy) is 1. The van der Waals surface area contributed by atoms with Crippen LogP contribution in [0.2, 0.25) is 0 Å². The van der Waals surface area contributed by atoms with Crippen LogP contribution in [0.25, 0.3) is 0 Å². The van der Waals surface area contributed by atoms with Gasteiger partial charge >= 0.3 is 0 Å². The lowest BCUT2D eigenvalue weighted by Gasteiger charge is -2.14. The highest BCUT2D eigenvalue weighted by Gasteiger charge is 2.21. The van der Waals surface area contributed by atoms with Crippen molar-refractivity contribution in [2.75, 3.05) is 32.6 Å². The number of nitrogens with one attached hydrogen (secondary N) is 2. The third-order valence-corrected chi connectivity index (χ3v) is 4.13. The van der Waals surface area contributed by atoms with Crippen LogP contribution in [-0.4, -0.2) is 47.0 Å². The van der Waals surface area contributed by atoms with E-state index in [1.165, 1.54) is 0 Å². The van der Waals surface area contributed by atoms with Gasteiger partial charge in [-0.3, -0.25) is 0 Å². The van der Waals surface area contributed by atoms with Gasteiger partial charge in [0.05, 0.1) is 5.75 Å². The minimum Gasteiger partial charge on any atom is -0.384 e. The maximum atomic E-state index is 11.7. The minimum absolute atomic E-state index is 0.121. The summed E-state index contributed by atoms with van der Waals surface area (Å²) < 4.78 is 31.0. The first-order valence-electron chi connectivity index (χ1n) is 5.73. The fraction of sp³-hybridized carbons (Fsp3) is 1.00. The predicted octanol–water partition coefficient (Wildman–Crippen LogP) is -0.0597. The summed E-state index contributed by atoms with van der Waals surface area (Å²) in [7, 11) is -1.53. The summed E-state index contributed by atoms with van der Waals surface area (Å²) in [4.78, 5) is 0. The second kappa shape index (κ2) is 6.54. The summed E-state index contributed by atoms with van der Waals surface area (Å²) in [6, 6.07) is 0.121. The van der Waals surface area contributed by atoms with Gasteiger partial charge in [0.25, 0.3) is 0 Å². The van der Waals surface area contributed by atoms with Gasteiger partial charge in [0, 0.05) is 26.3 Å². The fourth-order valence-electron chi connectivity index (χ4n) is 1.84. The van der Waals surface area contributed by atoms with Gasteiger partial charge in [0.1, 0.15) is 0 Å². The highest BCUT2D eigenvalue weighted by molar-refractivity contribution is 7.89. The van der Waals surface area contributed by atoms with E-state index in [0.29, 0.717) is 13.2 Å². The minimum atomic E-state index is -3.15. The van der Waals surface area contributed by atoms with E-state index in [1.807, 2.05) is 6.92 Å². The van der Waals surface area contributed by atoms with E-state index >= 15 is 0 Å². The molecule has 0 amide bonds. The molecular formula is C10H22N2O3S. The summed E-state index contributed by atoms with van der Waals surface area (Å²) in [5.41, 5.74) is 0. The highest BCUT2D eigenvalue weighted by atomic mass is 32.2. The Balaban J connectivity index is 2.27. The lowest BCUT2D eigenvalue weighted by atomic mass is 10.2. The monoisotopic (exact) mass is 250 g/mol. The van der Waals surface area contributed by atoms with Gasteiger partial charge in [-0.15, -0.1) is 0 Å². The van der Waals surface area contributed by atoms with E-state index in [4.69, 9.17) is 4.74 Å². The van der Waals surface area contributed by atoms with Crippen molar-refractivity contribution in [3.8, 4) is 0 Å². The third-order valence-electron chi connectivity index (χ3n) is 2.69. The Hall–Kier alpha value is -0.170. The predicted molar refractivity (Wildman–Crippen MR) is 63.9 cm³/mol. The molecule has 1 aliphatic heterocycles.